The van der Waals surface area contributed by atoms with Crippen LogP contribution in [-0.4, -0.2) is 11.9 Å². The Kier molecular flexibility index (Phi) is 2.69. The molecule has 1 aromatic carbocycles. The van der Waals surface area contributed by atoms with E-state index in [4.69, 9.17) is 9.47 Å². The minimum atomic E-state index is -0.362. The van der Waals surface area contributed by atoms with Crippen LogP contribution in [0.5, 0.6) is 11.5 Å². The SMILES string of the molecule is OC(CC1CC2CCC1C2)c1ccc2c(c1)OCO2. The van der Waals surface area contributed by atoms with Crippen molar-refractivity contribution in [1.82, 2.24) is 0 Å². The molecule has 3 nitrogen and oxygen atoms in total. The molecule has 2 aliphatic carbocycles. The molecule has 4 atom stereocenters. The van der Waals surface area contributed by atoms with Gasteiger partial charge in [-0.2, -0.15) is 0 Å². The van der Waals surface area contributed by atoms with E-state index in [1.165, 1.54) is 25.7 Å². The first-order chi connectivity index (χ1) is 9.29. The van der Waals surface area contributed by atoms with Gasteiger partial charge in [-0.25, -0.2) is 0 Å². The van der Waals surface area contributed by atoms with E-state index in [9.17, 15) is 5.11 Å². The molecule has 0 aromatic heterocycles. The fourth-order valence-corrected chi connectivity index (χ4v) is 4.21. The summed E-state index contributed by atoms with van der Waals surface area (Å²) in [6.45, 7) is 0.293. The van der Waals surface area contributed by atoms with Gasteiger partial charge in [-0.05, 0) is 61.1 Å². The molecule has 3 heteroatoms. The second-order valence-corrected chi connectivity index (χ2v) is 6.30. The average Bonchev–Trinajstić information content (AvgIpc) is 3.13. The van der Waals surface area contributed by atoms with Gasteiger partial charge in [-0.1, -0.05) is 12.5 Å². The molecule has 1 heterocycles. The van der Waals surface area contributed by atoms with Crippen molar-refractivity contribution >= 4 is 0 Å². The Labute approximate surface area is 113 Å². The molecule has 102 valence electrons. The van der Waals surface area contributed by atoms with E-state index in [0.717, 1.165) is 41.2 Å². The Hall–Kier alpha value is -1.22. The molecule has 1 aliphatic heterocycles. The van der Waals surface area contributed by atoms with Crippen molar-refractivity contribution in [2.75, 3.05) is 6.79 Å². The summed E-state index contributed by atoms with van der Waals surface area (Å²) in [4.78, 5) is 0. The quantitative estimate of drug-likeness (QED) is 0.906. The Balaban J connectivity index is 1.47. The Bertz CT molecular complexity index is 485. The summed E-state index contributed by atoms with van der Waals surface area (Å²) in [5, 5.41) is 10.4. The monoisotopic (exact) mass is 260 g/mol. The maximum Gasteiger partial charge on any atom is 0.231 e. The van der Waals surface area contributed by atoms with Crippen LogP contribution in [0.1, 0.15) is 43.8 Å². The number of rotatable bonds is 3. The van der Waals surface area contributed by atoms with Gasteiger partial charge in [0.1, 0.15) is 0 Å². The molecule has 0 saturated heterocycles. The Morgan fingerprint density at radius 1 is 1.16 bits per heavy atom. The van der Waals surface area contributed by atoms with Crippen LogP contribution in [0.4, 0.5) is 0 Å². The van der Waals surface area contributed by atoms with Crippen LogP contribution in [0.25, 0.3) is 0 Å². The third kappa shape index (κ3) is 2.00. The van der Waals surface area contributed by atoms with Crippen LogP contribution in [0.2, 0.25) is 0 Å². The molecule has 2 bridgehead atoms. The lowest BCUT2D eigenvalue weighted by molar-refractivity contribution is 0.125. The van der Waals surface area contributed by atoms with Crippen LogP contribution in [0, 0.1) is 17.8 Å². The van der Waals surface area contributed by atoms with E-state index in [1.807, 2.05) is 18.2 Å². The minimum Gasteiger partial charge on any atom is -0.454 e. The van der Waals surface area contributed by atoms with Crippen LogP contribution in [0.15, 0.2) is 18.2 Å². The predicted octanol–water partition coefficient (Wildman–Crippen LogP) is 3.28. The summed E-state index contributed by atoms with van der Waals surface area (Å²) < 4.78 is 10.7. The molecule has 1 N–H and O–H groups in total. The third-order valence-electron chi connectivity index (χ3n) is 5.19. The maximum atomic E-state index is 10.4. The maximum absolute atomic E-state index is 10.4. The predicted molar refractivity (Wildman–Crippen MR) is 71.1 cm³/mol. The highest BCUT2D eigenvalue weighted by Gasteiger charge is 2.40. The van der Waals surface area contributed by atoms with Gasteiger partial charge in [0.2, 0.25) is 6.79 Å². The number of hydrogen-bond acceptors (Lipinski definition) is 3. The third-order valence-corrected chi connectivity index (χ3v) is 5.19. The van der Waals surface area contributed by atoms with E-state index >= 15 is 0 Å². The fourth-order valence-electron chi connectivity index (χ4n) is 4.21. The summed E-state index contributed by atoms with van der Waals surface area (Å²) in [6.07, 6.45) is 6.06. The number of ether oxygens (including phenoxy) is 2. The highest BCUT2D eigenvalue weighted by molar-refractivity contribution is 5.45. The van der Waals surface area contributed by atoms with E-state index in [1.54, 1.807) is 0 Å². The van der Waals surface area contributed by atoms with Crippen molar-refractivity contribution in [1.29, 1.82) is 0 Å². The van der Waals surface area contributed by atoms with Crippen molar-refractivity contribution in [2.45, 2.75) is 38.2 Å². The summed E-state index contributed by atoms with van der Waals surface area (Å²) in [6, 6.07) is 5.80. The Morgan fingerprint density at radius 3 is 2.84 bits per heavy atom. The van der Waals surface area contributed by atoms with Gasteiger partial charge >= 0.3 is 0 Å². The van der Waals surface area contributed by atoms with Crippen molar-refractivity contribution in [3.05, 3.63) is 23.8 Å². The number of aliphatic hydroxyl groups is 1. The number of fused-ring (bicyclic) bond motifs is 3. The normalized spacial score (nSPS) is 32.8. The van der Waals surface area contributed by atoms with E-state index in [2.05, 4.69) is 0 Å². The highest BCUT2D eigenvalue weighted by Crippen LogP contribution is 2.51. The average molecular weight is 260 g/mol. The highest BCUT2D eigenvalue weighted by atomic mass is 16.7. The van der Waals surface area contributed by atoms with E-state index < -0.39 is 0 Å². The second-order valence-electron chi connectivity index (χ2n) is 6.30. The molecule has 0 spiro atoms. The van der Waals surface area contributed by atoms with Crippen LogP contribution < -0.4 is 9.47 Å². The van der Waals surface area contributed by atoms with Gasteiger partial charge in [0, 0.05) is 0 Å². The topological polar surface area (TPSA) is 38.7 Å². The molecule has 19 heavy (non-hydrogen) atoms. The smallest absolute Gasteiger partial charge is 0.231 e. The zero-order chi connectivity index (χ0) is 12.8. The molecule has 2 fully saturated rings. The summed E-state index contributed by atoms with van der Waals surface area (Å²) in [5.41, 5.74) is 0.965. The van der Waals surface area contributed by atoms with Crippen molar-refractivity contribution in [3.63, 3.8) is 0 Å². The van der Waals surface area contributed by atoms with Gasteiger partial charge in [0.05, 0.1) is 6.10 Å². The molecule has 4 unspecified atom stereocenters. The van der Waals surface area contributed by atoms with Crippen LogP contribution in [0.3, 0.4) is 0 Å². The lowest BCUT2D eigenvalue weighted by Gasteiger charge is -2.24. The lowest BCUT2D eigenvalue weighted by Crippen LogP contribution is -2.14. The van der Waals surface area contributed by atoms with Gasteiger partial charge in [0.25, 0.3) is 0 Å². The van der Waals surface area contributed by atoms with Crippen molar-refractivity contribution in [3.8, 4) is 11.5 Å². The standard InChI is InChI=1S/C16H20O3/c17-14(7-13-6-10-1-2-11(13)5-10)12-3-4-15-16(8-12)19-9-18-15/h3-4,8,10-11,13-14,17H,1-2,5-7,9H2. The molecular formula is C16H20O3. The Morgan fingerprint density at radius 2 is 2.05 bits per heavy atom. The molecule has 2 saturated carbocycles. The molecule has 4 rings (SSSR count). The number of hydrogen-bond donors (Lipinski definition) is 1. The molecule has 3 aliphatic rings. The summed E-state index contributed by atoms with van der Waals surface area (Å²) >= 11 is 0. The summed E-state index contributed by atoms with van der Waals surface area (Å²) in [7, 11) is 0. The number of benzene rings is 1. The van der Waals surface area contributed by atoms with Gasteiger partial charge in [-0.15, -0.1) is 0 Å². The minimum absolute atomic E-state index is 0.293. The molecular weight excluding hydrogens is 240 g/mol. The molecule has 0 radical (unpaired) electrons. The van der Waals surface area contributed by atoms with Gasteiger partial charge < -0.3 is 14.6 Å². The first-order valence-electron chi connectivity index (χ1n) is 7.37. The lowest BCUT2D eigenvalue weighted by atomic mass is 9.83. The number of aliphatic hydroxyl groups excluding tert-OH is 1. The van der Waals surface area contributed by atoms with Crippen molar-refractivity contribution in [2.24, 2.45) is 17.8 Å². The van der Waals surface area contributed by atoms with Gasteiger partial charge in [-0.3, -0.25) is 0 Å². The molecule has 0 amide bonds. The zero-order valence-corrected chi connectivity index (χ0v) is 11.0. The van der Waals surface area contributed by atoms with Gasteiger partial charge in [0.15, 0.2) is 11.5 Å². The van der Waals surface area contributed by atoms with E-state index in [0.29, 0.717) is 6.79 Å². The molecule has 1 aromatic rings. The van der Waals surface area contributed by atoms with Crippen LogP contribution in [-0.2, 0) is 0 Å². The first kappa shape index (κ1) is 11.6. The second kappa shape index (κ2) is 4.41. The first-order valence-corrected chi connectivity index (χ1v) is 7.37. The van der Waals surface area contributed by atoms with E-state index in [-0.39, 0.29) is 6.10 Å². The summed E-state index contributed by atoms with van der Waals surface area (Å²) in [5.74, 6) is 4.09. The fraction of sp³-hybridized carbons (Fsp3) is 0.625. The zero-order valence-electron chi connectivity index (χ0n) is 11.0. The van der Waals surface area contributed by atoms with Crippen LogP contribution >= 0.6 is 0 Å². The van der Waals surface area contributed by atoms with Crippen molar-refractivity contribution < 1.29 is 14.6 Å². The largest absolute Gasteiger partial charge is 0.454 e.